The van der Waals surface area contributed by atoms with E-state index in [9.17, 15) is 13.2 Å². The Morgan fingerprint density at radius 3 is 2.13 bits per heavy atom. The van der Waals surface area contributed by atoms with Crippen molar-refractivity contribution in [1.29, 1.82) is 0 Å². The molecule has 126 valence electrons. The maximum absolute atomic E-state index is 12.6. The first kappa shape index (κ1) is 19.3. The van der Waals surface area contributed by atoms with Crippen molar-refractivity contribution in [3.05, 3.63) is 65.7 Å². The third-order valence-electron chi connectivity index (χ3n) is 3.29. The van der Waals surface area contributed by atoms with Crippen molar-refractivity contribution < 1.29 is 30.3 Å². The van der Waals surface area contributed by atoms with E-state index < -0.39 is 11.7 Å². The topological polar surface area (TPSA) is 21.3 Å². The van der Waals surface area contributed by atoms with Crippen LogP contribution in [0.3, 0.4) is 0 Å². The molecular formula is C17H18ClF3NO-. The molecule has 6 heteroatoms. The molecule has 0 bridgehead atoms. The first-order valence-corrected chi connectivity index (χ1v) is 7.04. The van der Waals surface area contributed by atoms with Crippen LogP contribution in [-0.2, 0) is 6.18 Å². The van der Waals surface area contributed by atoms with Gasteiger partial charge in [0, 0.05) is 6.42 Å². The molecule has 0 aromatic heterocycles. The molecule has 23 heavy (non-hydrogen) atoms. The maximum atomic E-state index is 12.6. The summed E-state index contributed by atoms with van der Waals surface area (Å²) in [6.45, 7) is 0.750. The molecule has 1 N–H and O–H groups in total. The van der Waals surface area contributed by atoms with Crippen molar-refractivity contribution in [2.75, 3.05) is 13.6 Å². The zero-order valence-corrected chi connectivity index (χ0v) is 13.4. The third kappa shape index (κ3) is 5.77. The van der Waals surface area contributed by atoms with Gasteiger partial charge in [-0.1, -0.05) is 30.3 Å². The number of halogens is 4. The first-order chi connectivity index (χ1) is 10.5. The Morgan fingerprint density at radius 2 is 1.61 bits per heavy atom. The minimum atomic E-state index is -4.33. The molecule has 0 aliphatic carbocycles. The molecule has 0 spiro atoms. The van der Waals surface area contributed by atoms with Crippen molar-refractivity contribution >= 4 is 0 Å². The summed E-state index contributed by atoms with van der Waals surface area (Å²) in [5, 5.41) is 3.05. The Labute approximate surface area is 140 Å². The van der Waals surface area contributed by atoms with Crippen LogP contribution in [-0.4, -0.2) is 13.6 Å². The summed E-state index contributed by atoms with van der Waals surface area (Å²) >= 11 is 0. The van der Waals surface area contributed by atoms with E-state index in [0.29, 0.717) is 5.75 Å². The molecule has 0 heterocycles. The fourth-order valence-electron chi connectivity index (χ4n) is 2.12. The highest BCUT2D eigenvalue weighted by atomic mass is 35.5. The second-order valence-electron chi connectivity index (χ2n) is 4.93. The van der Waals surface area contributed by atoms with Gasteiger partial charge >= 0.3 is 6.18 Å². The Kier molecular flexibility index (Phi) is 7.39. The largest absolute Gasteiger partial charge is 1.00 e. The molecule has 2 rings (SSSR count). The molecule has 0 aliphatic heterocycles. The molecule has 1 atom stereocenters. The third-order valence-corrected chi connectivity index (χ3v) is 3.29. The van der Waals surface area contributed by atoms with Crippen LogP contribution in [0.4, 0.5) is 13.2 Å². The molecule has 0 fully saturated rings. The highest BCUT2D eigenvalue weighted by molar-refractivity contribution is 5.30. The van der Waals surface area contributed by atoms with Gasteiger partial charge in [-0.2, -0.15) is 13.2 Å². The van der Waals surface area contributed by atoms with Crippen LogP contribution in [0.1, 0.15) is 23.7 Å². The van der Waals surface area contributed by atoms with Gasteiger partial charge in [0.05, 0.1) is 5.56 Å². The van der Waals surface area contributed by atoms with Crippen LogP contribution in [0.25, 0.3) is 0 Å². The van der Waals surface area contributed by atoms with Gasteiger partial charge < -0.3 is 22.5 Å². The van der Waals surface area contributed by atoms with E-state index in [2.05, 4.69) is 5.32 Å². The van der Waals surface area contributed by atoms with Gasteiger partial charge in [0.1, 0.15) is 11.9 Å². The van der Waals surface area contributed by atoms with Crippen LogP contribution < -0.4 is 22.5 Å². The van der Waals surface area contributed by atoms with E-state index in [4.69, 9.17) is 4.74 Å². The summed E-state index contributed by atoms with van der Waals surface area (Å²) in [6, 6.07) is 14.4. The summed E-state index contributed by atoms with van der Waals surface area (Å²) in [5.74, 6) is 0.429. The number of rotatable bonds is 6. The summed E-state index contributed by atoms with van der Waals surface area (Å²) in [5.41, 5.74) is 0.323. The molecule has 2 aromatic rings. The van der Waals surface area contributed by atoms with Gasteiger partial charge in [-0.3, -0.25) is 0 Å². The average molecular weight is 345 g/mol. The smallest absolute Gasteiger partial charge is 0.416 e. The second-order valence-corrected chi connectivity index (χ2v) is 4.93. The highest BCUT2D eigenvalue weighted by Gasteiger charge is 2.30. The van der Waals surface area contributed by atoms with Crippen molar-refractivity contribution in [2.45, 2.75) is 18.7 Å². The quantitative estimate of drug-likeness (QED) is 0.856. The fraction of sp³-hybridized carbons (Fsp3) is 0.294. The number of hydrogen-bond acceptors (Lipinski definition) is 2. The molecule has 0 aliphatic rings. The van der Waals surface area contributed by atoms with Gasteiger partial charge in [0.2, 0.25) is 0 Å². The Hall–Kier alpha value is -1.72. The zero-order valence-electron chi connectivity index (χ0n) is 12.6. The monoisotopic (exact) mass is 344 g/mol. The van der Waals surface area contributed by atoms with Crippen molar-refractivity contribution in [3.8, 4) is 5.75 Å². The lowest BCUT2D eigenvalue weighted by molar-refractivity contribution is -0.137. The predicted molar refractivity (Wildman–Crippen MR) is 79.8 cm³/mol. The SMILES string of the molecule is CNCC[C@@H](Oc1ccc(C(F)(F)F)cc1)c1ccccc1.[Cl-]. The van der Waals surface area contributed by atoms with Crippen LogP contribution in [0, 0.1) is 0 Å². The van der Waals surface area contributed by atoms with E-state index in [1.54, 1.807) is 0 Å². The zero-order chi connectivity index (χ0) is 16.0. The fourth-order valence-corrected chi connectivity index (χ4v) is 2.12. The van der Waals surface area contributed by atoms with Crippen molar-refractivity contribution in [2.24, 2.45) is 0 Å². The van der Waals surface area contributed by atoms with Gasteiger partial charge in [0.25, 0.3) is 0 Å². The number of ether oxygens (including phenoxy) is 1. The van der Waals surface area contributed by atoms with Gasteiger partial charge in [-0.05, 0) is 43.4 Å². The Bertz CT molecular complexity index is 573. The Balaban J connectivity index is 0.00000264. The minimum Gasteiger partial charge on any atom is -1.00 e. The summed E-state index contributed by atoms with van der Waals surface area (Å²) in [4.78, 5) is 0. The summed E-state index contributed by atoms with van der Waals surface area (Å²) in [6.07, 6.45) is -3.81. The van der Waals surface area contributed by atoms with Crippen LogP contribution in [0.2, 0.25) is 0 Å². The first-order valence-electron chi connectivity index (χ1n) is 7.04. The van der Waals surface area contributed by atoms with Gasteiger partial charge in [0.15, 0.2) is 0 Å². The van der Waals surface area contributed by atoms with E-state index in [-0.39, 0.29) is 18.5 Å². The van der Waals surface area contributed by atoms with Crippen molar-refractivity contribution in [1.82, 2.24) is 5.32 Å². The minimum absolute atomic E-state index is 0. The lowest BCUT2D eigenvalue weighted by Crippen LogP contribution is -3.00. The van der Waals surface area contributed by atoms with Gasteiger partial charge in [-0.15, -0.1) is 0 Å². The number of nitrogens with one attached hydrogen (secondary N) is 1. The van der Waals surface area contributed by atoms with Crippen molar-refractivity contribution in [3.63, 3.8) is 0 Å². The molecular weight excluding hydrogens is 327 g/mol. The lowest BCUT2D eigenvalue weighted by atomic mass is 10.1. The normalized spacial score (nSPS) is 12.3. The number of hydrogen-bond donors (Lipinski definition) is 1. The maximum Gasteiger partial charge on any atom is 0.416 e. The molecule has 0 unspecified atom stereocenters. The molecule has 2 aromatic carbocycles. The lowest BCUT2D eigenvalue weighted by Gasteiger charge is -2.20. The molecule has 2 nitrogen and oxygen atoms in total. The van der Waals surface area contributed by atoms with Crippen LogP contribution in [0.5, 0.6) is 5.75 Å². The Morgan fingerprint density at radius 1 is 1.00 bits per heavy atom. The average Bonchev–Trinajstić information content (AvgIpc) is 2.52. The summed E-state index contributed by atoms with van der Waals surface area (Å²) < 4.78 is 43.6. The van der Waals surface area contributed by atoms with Crippen LogP contribution >= 0.6 is 0 Å². The molecule has 0 saturated heterocycles. The highest BCUT2D eigenvalue weighted by Crippen LogP contribution is 2.31. The molecule has 0 amide bonds. The van der Waals surface area contributed by atoms with E-state index in [1.165, 1.54) is 12.1 Å². The van der Waals surface area contributed by atoms with E-state index >= 15 is 0 Å². The van der Waals surface area contributed by atoms with Gasteiger partial charge in [-0.25, -0.2) is 0 Å². The number of benzene rings is 2. The predicted octanol–water partition coefficient (Wildman–Crippen LogP) is 1.44. The van der Waals surface area contributed by atoms with Crippen LogP contribution in [0.15, 0.2) is 54.6 Å². The number of alkyl halides is 3. The standard InChI is InChI=1S/C17H18F3NO.ClH/c1-21-12-11-16(13-5-3-2-4-6-13)22-15-9-7-14(8-10-15)17(18,19)20;/h2-10,16,21H,11-12H2,1H3;1H/p-1/t16-;/m1./s1. The molecule has 0 saturated carbocycles. The van der Waals surface area contributed by atoms with E-state index in [0.717, 1.165) is 30.7 Å². The second kappa shape index (κ2) is 8.79. The van der Waals surface area contributed by atoms with E-state index in [1.807, 2.05) is 37.4 Å². The summed E-state index contributed by atoms with van der Waals surface area (Å²) in [7, 11) is 1.85. The molecule has 0 radical (unpaired) electrons.